The predicted octanol–water partition coefficient (Wildman–Crippen LogP) is 3.64. The van der Waals surface area contributed by atoms with Gasteiger partial charge in [0.25, 0.3) is 0 Å². The van der Waals surface area contributed by atoms with Crippen molar-refractivity contribution in [1.29, 1.82) is 0 Å². The van der Waals surface area contributed by atoms with Gasteiger partial charge in [-0.05, 0) is 35.0 Å². The highest BCUT2D eigenvalue weighted by atomic mass is 79.9. The van der Waals surface area contributed by atoms with Crippen LogP contribution in [0, 0.1) is 12.7 Å². The standard InChI is InChI=1S/C9H6BrFO/c1-5-8(10)6-3-2-4-7(11)9(6)12-5/h2-4H,1H3. The summed E-state index contributed by atoms with van der Waals surface area (Å²) in [6, 6.07) is 4.87. The van der Waals surface area contributed by atoms with Crippen LogP contribution in [0.25, 0.3) is 11.0 Å². The van der Waals surface area contributed by atoms with Crippen LogP contribution in [0.15, 0.2) is 27.1 Å². The van der Waals surface area contributed by atoms with Gasteiger partial charge in [0.15, 0.2) is 11.4 Å². The monoisotopic (exact) mass is 228 g/mol. The molecule has 1 heterocycles. The number of para-hydroxylation sites is 1. The lowest BCUT2D eigenvalue weighted by atomic mass is 10.2. The van der Waals surface area contributed by atoms with Gasteiger partial charge in [0.1, 0.15) is 5.76 Å². The minimum absolute atomic E-state index is 0.318. The molecule has 0 fully saturated rings. The summed E-state index contributed by atoms with van der Waals surface area (Å²) >= 11 is 3.32. The van der Waals surface area contributed by atoms with Crippen molar-refractivity contribution >= 4 is 26.9 Å². The van der Waals surface area contributed by atoms with Crippen molar-refractivity contribution in [3.05, 3.63) is 34.2 Å². The highest BCUT2D eigenvalue weighted by molar-refractivity contribution is 9.10. The van der Waals surface area contributed by atoms with Crippen LogP contribution in [0.3, 0.4) is 0 Å². The molecule has 0 aliphatic rings. The van der Waals surface area contributed by atoms with Crippen molar-refractivity contribution in [2.24, 2.45) is 0 Å². The van der Waals surface area contributed by atoms with Gasteiger partial charge in [-0.25, -0.2) is 4.39 Å². The van der Waals surface area contributed by atoms with Crippen LogP contribution in [0.2, 0.25) is 0 Å². The molecule has 3 heteroatoms. The van der Waals surface area contributed by atoms with E-state index in [2.05, 4.69) is 15.9 Å². The zero-order valence-electron chi connectivity index (χ0n) is 6.40. The summed E-state index contributed by atoms with van der Waals surface area (Å²) < 4.78 is 19.1. The van der Waals surface area contributed by atoms with Gasteiger partial charge in [0.2, 0.25) is 0 Å². The third kappa shape index (κ3) is 0.966. The second-order valence-corrected chi connectivity index (χ2v) is 3.38. The third-order valence-electron chi connectivity index (χ3n) is 1.77. The van der Waals surface area contributed by atoms with E-state index in [-0.39, 0.29) is 5.82 Å². The van der Waals surface area contributed by atoms with Crippen molar-refractivity contribution < 1.29 is 8.81 Å². The zero-order valence-corrected chi connectivity index (χ0v) is 7.98. The van der Waals surface area contributed by atoms with Gasteiger partial charge in [-0.2, -0.15) is 0 Å². The summed E-state index contributed by atoms with van der Waals surface area (Å²) in [5, 5.41) is 0.785. The summed E-state index contributed by atoms with van der Waals surface area (Å²) in [6.45, 7) is 1.80. The third-order valence-corrected chi connectivity index (χ3v) is 2.75. The fraction of sp³-hybridized carbons (Fsp3) is 0.111. The molecular formula is C9H6BrFO. The van der Waals surface area contributed by atoms with Gasteiger partial charge in [0, 0.05) is 5.39 Å². The van der Waals surface area contributed by atoms with Gasteiger partial charge in [-0.15, -0.1) is 0 Å². The normalized spacial score (nSPS) is 10.9. The number of hydrogen-bond donors (Lipinski definition) is 0. The maximum absolute atomic E-state index is 13.1. The number of fused-ring (bicyclic) bond motifs is 1. The molecule has 62 valence electrons. The SMILES string of the molecule is Cc1oc2c(F)cccc2c1Br. The largest absolute Gasteiger partial charge is 0.457 e. The lowest BCUT2D eigenvalue weighted by molar-refractivity contribution is 0.537. The van der Waals surface area contributed by atoms with Crippen molar-refractivity contribution in [2.75, 3.05) is 0 Å². The van der Waals surface area contributed by atoms with Gasteiger partial charge in [-0.1, -0.05) is 6.07 Å². The maximum Gasteiger partial charge on any atom is 0.171 e. The molecule has 0 amide bonds. The molecule has 0 unspecified atom stereocenters. The number of aryl methyl sites for hydroxylation is 1. The number of hydrogen-bond acceptors (Lipinski definition) is 1. The second-order valence-electron chi connectivity index (χ2n) is 2.59. The Bertz CT molecular complexity index is 433. The summed E-state index contributed by atoms with van der Waals surface area (Å²) in [6.07, 6.45) is 0. The molecule has 0 saturated heterocycles. The first-order valence-electron chi connectivity index (χ1n) is 3.53. The lowest BCUT2D eigenvalue weighted by Gasteiger charge is -1.88. The Hall–Kier alpha value is -0.830. The molecule has 0 bridgehead atoms. The average Bonchev–Trinajstić information content (AvgIpc) is 2.32. The van der Waals surface area contributed by atoms with E-state index in [9.17, 15) is 4.39 Å². The lowest BCUT2D eigenvalue weighted by Crippen LogP contribution is -1.71. The second kappa shape index (κ2) is 2.59. The van der Waals surface area contributed by atoms with Crippen LogP contribution in [0.5, 0.6) is 0 Å². The molecule has 2 rings (SSSR count). The Kier molecular flexibility index (Phi) is 1.68. The molecule has 0 N–H and O–H groups in total. The molecule has 0 atom stereocenters. The first-order valence-corrected chi connectivity index (χ1v) is 4.32. The Morgan fingerprint density at radius 2 is 2.17 bits per heavy atom. The highest BCUT2D eigenvalue weighted by Gasteiger charge is 2.10. The Balaban J connectivity index is 2.95. The maximum atomic E-state index is 13.1. The number of halogens is 2. The summed E-state index contributed by atoms with van der Waals surface area (Å²) in [7, 11) is 0. The molecule has 1 aromatic heterocycles. The summed E-state index contributed by atoms with van der Waals surface area (Å²) in [5.74, 6) is 0.386. The van der Waals surface area contributed by atoms with Crippen molar-refractivity contribution in [2.45, 2.75) is 6.92 Å². The molecule has 1 nitrogen and oxygen atoms in total. The van der Waals surface area contributed by atoms with Gasteiger partial charge < -0.3 is 4.42 Å². The fourth-order valence-corrected chi connectivity index (χ4v) is 1.57. The van der Waals surface area contributed by atoms with Gasteiger partial charge in [-0.3, -0.25) is 0 Å². The number of benzene rings is 1. The number of furan rings is 1. The van der Waals surface area contributed by atoms with E-state index < -0.39 is 0 Å². The van der Waals surface area contributed by atoms with Gasteiger partial charge in [0.05, 0.1) is 4.47 Å². The zero-order chi connectivity index (χ0) is 8.72. The van der Waals surface area contributed by atoms with Crippen LogP contribution in [0.4, 0.5) is 4.39 Å². The van der Waals surface area contributed by atoms with Gasteiger partial charge >= 0.3 is 0 Å². The van der Waals surface area contributed by atoms with Crippen LogP contribution in [-0.2, 0) is 0 Å². The Morgan fingerprint density at radius 3 is 2.83 bits per heavy atom. The molecule has 0 aliphatic heterocycles. The van der Waals surface area contributed by atoms with Crippen molar-refractivity contribution in [1.82, 2.24) is 0 Å². The minimum atomic E-state index is -0.318. The molecule has 12 heavy (non-hydrogen) atoms. The van der Waals surface area contributed by atoms with E-state index in [1.54, 1.807) is 13.0 Å². The van der Waals surface area contributed by atoms with Crippen molar-refractivity contribution in [3.8, 4) is 0 Å². The minimum Gasteiger partial charge on any atom is -0.457 e. The molecule has 0 aliphatic carbocycles. The predicted molar refractivity (Wildman–Crippen MR) is 48.6 cm³/mol. The van der Waals surface area contributed by atoms with E-state index in [4.69, 9.17) is 4.42 Å². The van der Waals surface area contributed by atoms with Crippen molar-refractivity contribution in [3.63, 3.8) is 0 Å². The summed E-state index contributed by atoms with van der Waals surface area (Å²) in [4.78, 5) is 0. The molecule has 0 spiro atoms. The van der Waals surface area contributed by atoms with Crippen LogP contribution in [-0.4, -0.2) is 0 Å². The Morgan fingerprint density at radius 1 is 1.42 bits per heavy atom. The first kappa shape index (κ1) is 7.80. The number of rotatable bonds is 0. The highest BCUT2D eigenvalue weighted by Crippen LogP contribution is 2.31. The topological polar surface area (TPSA) is 13.1 Å². The fourth-order valence-electron chi connectivity index (χ4n) is 1.17. The first-order chi connectivity index (χ1) is 5.70. The van der Waals surface area contributed by atoms with E-state index in [1.807, 2.05) is 6.07 Å². The quantitative estimate of drug-likeness (QED) is 0.672. The smallest absolute Gasteiger partial charge is 0.171 e. The van der Waals surface area contributed by atoms with E-state index in [0.29, 0.717) is 11.3 Å². The van der Waals surface area contributed by atoms with E-state index >= 15 is 0 Å². The van der Waals surface area contributed by atoms with E-state index in [0.717, 1.165) is 9.86 Å². The van der Waals surface area contributed by atoms with E-state index in [1.165, 1.54) is 6.07 Å². The molecule has 2 aromatic rings. The Labute approximate surface area is 77.3 Å². The van der Waals surface area contributed by atoms with Crippen LogP contribution < -0.4 is 0 Å². The van der Waals surface area contributed by atoms with Crippen LogP contribution in [0.1, 0.15) is 5.76 Å². The molecule has 1 aromatic carbocycles. The molecule has 0 saturated carbocycles. The molecular weight excluding hydrogens is 223 g/mol. The molecule has 0 radical (unpaired) electrons. The summed E-state index contributed by atoms with van der Waals surface area (Å²) in [5.41, 5.74) is 0.321. The van der Waals surface area contributed by atoms with Crippen LogP contribution >= 0.6 is 15.9 Å². The average molecular weight is 229 g/mol.